The minimum Gasteiger partial charge on any atom is -0.454 e. The van der Waals surface area contributed by atoms with E-state index in [-0.39, 0.29) is 18.7 Å². The number of hydrogen-bond donors (Lipinski definition) is 0. The lowest BCUT2D eigenvalue weighted by Crippen LogP contribution is -2.38. The summed E-state index contributed by atoms with van der Waals surface area (Å²) in [6, 6.07) is 11.9. The molecule has 5 nitrogen and oxygen atoms in total. The first-order valence-electron chi connectivity index (χ1n) is 8.90. The number of likely N-dealkylation sites (tertiary alicyclic amines) is 1. The minimum atomic E-state index is 0.110. The number of fused-ring (bicyclic) bond motifs is 1. The third-order valence-corrected chi connectivity index (χ3v) is 4.92. The molecule has 0 bridgehead atoms. The Kier molecular flexibility index (Phi) is 4.55. The van der Waals surface area contributed by atoms with Crippen LogP contribution in [0.1, 0.15) is 43.0 Å². The number of benzene rings is 1. The molecule has 5 heteroatoms. The van der Waals surface area contributed by atoms with Gasteiger partial charge in [0.25, 0.3) is 0 Å². The van der Waals surface area contributed by atoms with E-state index < -0.39 is 0 Å². The van der Waals surface area contributed by atoms with Gasteiger partial charge in [0.2, 0.25) is 12.7 Å². The number of carbonyl (C=O) groups excluding carboxylic acids is 1. The fraction of sp³-hybridized carbons (Fsp3) is 0.400. The van der Waals surface area contributed by atoms with Crippen LogP contribution in [0, 0.1) is 0 Å². The van der Waals surface area contributed by atoms with E-state index in [9.17, 15) is 4.79 Å². The standard InChI is InChI=1S/C20H22N2O3/c23-20(10-8-15-7-9-18-19(13-15)25-14-24-18)22-12-4-2-6-17(22)16-5-1-3-11-21-16/h1,3,5,7,9,11,13,17H,2,4,6,8,10,12,14H2/t17-/m0/s1. The second-order valence-electron chi connectivity index (χ2n) is 6.54. The molecule has 0 spiro atoms. The van der Waals surface area contributed by atoms with Gasteiger partial charge in [0.1, 0.15) is 0 Å². The number of hydrogen-bond acceptors (Lipinski definition) is 4. The SMILES string of the molecule is O=C(CCc1ccc2c(c1)OCO2)N1CCCC[C@H]1c1ccccn1. The summed E-state index contributed by atoms with van der Waals surface area (Å²) in [5.74, 6) is 1.75. The summed E-state index contributed by atoms with van der Waals surface area (Å²) < 4.78 is 10.7. The van der Waals surface area contributed by atoms with E-state index in [0.717, 1.165) is 48.6 Å². The number of aromatic nitrogens is 1. The molecular weight excluding hydrogens is 316 g/mol. The third kappa shape index (κ3) is 3.45. The topological polar surface area (TPSA) is 51.7 Å². The average Bonchev–Trinajstić information content (AvgIpc) is 3.14. The smallest absolute Gasteiger partial charge is 0.231 e. The fourth-order valence-corrected chi connectivity index (χ4v) is 3.60. The molecule has 1 aromatic heterocycles. The average molecular weight is 338 g/mol. The van der Waals surface area contributed by atoms with Crippen molar-refractivity contribution >= 4 is 5.91 Å². The van der Waals surface area contributed by atoms with Crippen LogP contribution in [-0.2, 0) is 11.2 Å². The molecule has 1 atom stereocenters. The largest absolute Gasteiger partial charge is 0.454 e. The van der Waals surface area contributed by atoms with Crippen LogP contribution in [-0.4, -0.2) is 29.1 Å². The maximum absolute atomic E-state index is 12.8. The Labute approximate surface area is 147 Å². The minimum absolute atomic E-state index is 0.110. The maximum atomic E-state index is 12.8. The summed E-state index contributed by atoms with van der Waals surface area (Å²) in [6.45, 7) is 1.10. The summed E-state index contributed by atoms with van der Waals surface area (Å²) in [4.78, 5) is 19.3. The van der Waals surface area contributed by atoms with Crippen molar-refractivity contribution in [1.29, 1.82) is 0 Å². The Morgan fingerprint density at radius 3 is 2.96 bits per heavy atom. The molecule has 2 aromatic rings. The van der Waals surface area contributed by atoms with Crippen LogP contribution in [0.2, 0.25) is 0 Å². The Hall–Kier alpha value is -2.56. The van der Waals surface area contributed by atoms with Gasteiger partial charge < -0.3 is 14.4 Å². The van der Waals surface area contributed by atoms with Crippen LogP contribution < -0.4 is 9.47 Å². The molecule has 1 amide bonds. The Morgan fingerprint density at radius 1 is 1.16 bits per heavy atom. The molecule has 0 N–H and O–H groups in total. The molecule has 3 heterocycles. The zero-order chi connectivity index (χ0) is 17.1. The van der Waals surface area contributed by atoms with Gasteiger partial charge in [0.15, 0.2) is 11.5 Å². The van der Waals surface area contributed by atoms with E-state index in [1.165, 1.54) is 0 Å². The van der Waals surface area contributed by atoms with Crippen LogP contribution in [0.5, 0.6) is 11.5 Å². The Bertz CT molecular complexity index is 748. The number of aryl methyl sites for hydroxylation is 1. The van der Waals surface area contributed by atoms with Crippen molar-refractivity contribution in [3.63, 3.8) is 0 Å². The third-order valence-electron chi connectivity index (χ3n) is 4.92. The highest BCUT2D eigenvalue weighted by Crippen LogP contribution is 2.33. The Morgan fingerprint density at radius 2 is 2.08 bits per heavy atom. The van der Waals surface area contributed by atoms with Crippen LogP contribution >= 0.6 is 0 Å². The highest BCUT2D eigenvalue weighted by molar-refractivity contribution is 5.77. The van der Waals surface area contributed by atoms with E-state index >= 15 is 0 Å². The molecule has 4 rings (SSSR count). The molecule has 0 saturated carbocycles. The van der Waals surface area contributed by atoms with Gasteiger partial charge in [-0.25, -0.2) is 0 Å². The van der Waals surface area contributed by atoms with Gasteiger partial charge in [0.05, 0.1) is 11.7 Å². The fourth-order valence-electron chi connectivity index (χ4n) is 3.60. The monoisotopic (exact) mass is 338 g/mol. The van der Waals surface area contributed by atoms with Crippen LogP contribution in [0.25, 0.3) is 0 Å². The molecule has 2 aliphatic heterocycles. The van der Waals surface area contributed by atoms with Crippen molar-refractivity contribution in [3.05, 3.63) is 53.9 Å². The number of carbonyl (C=O) groups is 1. The molecule has 1 saturated heterocycles. The molecule has 0 radical (unpaired) electrons. The summed E-state index contributed by atoms with van der Waals surface area (Å²) in [5, 5.41) is 0. The van der Waals surface area contributed by atoms with Gasteiger partial charge in [0, 0.05) is 19.2 Å². The number of amides is 1. The normalized spacial score (nSPS) is 19.0. The quantitative estimate of drug-likeness (QED) is 0.856. The summed E-state index contributed by atoms with van der Waals surface area (Å²) in [6.07, 6.45) is 6.22. The van der Waals surface area contributed by atoms with Crippen molar-refractivity contribution in [3.8, 4) is 11.5 Å². The first-order chi connectivity index (χ1) is 12.3. The first-order valence-corrected chi connectivity index (χ1v) is 8.90. The molecule has 25 heavy (non-hydrogen) atoms. The zero-order valence-electron chi connectivity index (χ0n) is 14.2. The number of pyridine rings is 1. The zero-order valence-corrected chi connectivity index (χ0v) is 14.2. The van der Waals surface area contributed by atoms with Crippen molar-refractivity contribution < 1.29 is 14.3 Å². The van der Waals surface area contributed by atoms with E-state index in [4.69, 9.17) is 9.47 Å². The number of rotatable bonds is 4. The van der Waals surface area contributed by atoms with E-state index in [1.54, 1.807) is 6.20 Å². The van der Waals surface area contributed by atoms with Crippen molar-refractivity contribution in [2.75, 3.05) is 13.3 Å². The highest BCUT2D eigenvalue weighted by atomic mass is 16.7. The van der Waals surface area contributed by atoms with Crippen LogP contribution in [0.15, 0.2) is 42.6 Å². The van der Waals surface area contributed by atoms with Gasteiger partial charge in [-0.2, -0.15) is 0 Å². The lowest BCUT2D eigenvalue weighted by atomic mass is 9.97. The van der Waals surface area contributed by atoms with Gasteiger partial charge in [-0.1, -0.05) is 12.1 Å². The van der Waals surface area contributed by atoms with Gasteiger partial charge >= 0.3 is 0 Å². The van der Waals surface area contributed by atoms with E-state index in [2.05, 4.69) is 4.98 Å². The predicted molar refractivity (Wildman–Crippen MR) is 93.4 cm³/mol. The van der Waals surface area contributed by atoms with Crippen LogP contribution in [0.3, 0.4) is 0 Å². The maximum Gasteiger partial charge on any atom is 0.231 e. The Balaban J connectivity index is 1.42. The number of piperidine rings is 1. The molecular formula is C20H22N2O3. The summed E-state index contributed by atoms with van der Waals surface area (Å²) in [5.41, 5.74) is 2.10. The predicted octanol–water partition coefficient (Wildman–Crippen LogP) is 3.50. The summed E-state index contributed by atoms with van der Waals surface area (Å²) in [7, 11) is 0. The van der Waals surface area contributed by atoms with Gasteiger partial charge in [-0.15, -0.1) is 0 Å². The van der Waals surface area contributed by atoms with Crippen LogP contribution in [0.4, 0.5) is 0 Å². The lowest BCUT2D eigenvalue weighted by Gasteiger charge is -2.35. The van der Waals surface area contributed by atoms with E-state index in [1.807, 2.05) is 41.3 Å². The number of nitrogens with zero attached hydrogens (tertiary/aromatic N) is 2. The molecule has 2 aliphatic rings. The molecule has 1 aromatic carbocycles. The summed E-state index contributed by atoms with van der Waals surface area (Å²) >= 11 is 0. The molecule has 1 fully saturated rings. The second-order valence-corrected chi connectivity index (χ2v) is 6.54. The van der Waals surface area contributed by atoms with Crippen molar-refractivity contribution in [1.82, 2.24) is 9.88 Å². The van der Waals surface area contributed by atoms with Crippen molar-refractivity contribution in [2.24, 2.45) is 0 Å². The first kappa shape index (κ1) is 15.9. The molecule has 130 valence electrons. The van der Waals surface area contributed by atoms with Crippen molar-refractivity contribution in [2.45, 2.75) is 38.1 Å². The second kappa shape index (κ2) is 7.13. The van der Waals surface area contributed by atoms with Gasteiger partial charge in [-0.3, -0.25) is 9.78 Å². The van der Waals surface area contributed by atoms with Gasteiger partial charge in [-0.05, 0) is 55.5 Å². The lowest BCUT2D eigenvalue weighted by molar-refractivity contribution is -0.135. The highest BCUT2D eigenvalue weighted by Gasteiger charge is 2.28. The van der Waals surface area contributed by atoms with E-state index in [0.29, 0.717) is 12.8 Å². The number of ether oxygens (including phenoxy) is 2. The molecule has 0 aliphatic carbocycles. The molecule has 0 unspecified atom stereocenters.